The predicted molar refractivity (Wildman–Crippen MR) is 97.3 cm³/mol. The van der Waals surface area contributed by atoms with E-state index in [1.165, 1.54) is 23.4 Å². The predicted octanol–water partition coefficient (Wildman–Crippen LogP) is 4.12. The smallest absolute Gasteiger partial charge is 0.370 e. The van der Waals surface area contributed by atoms with Gasteiger partial charge in [0.2, 0.25) is 5.91 Å². The van der Waals surface area contributed by atoms with Crippen LogP contribution in [0.25, 0.3) is 0 Å². The van der Waals surface area contributed by atoms with Crippen molar-refractivity contribution >= 4 is 23.5 Å². The van der Waals surface area contributed by atoms with E-state index in [2.05, 4.69) is 15.6 Å². The molecule has 26 heavy (non-hydrogen) atoms. The van der Waals surface area contributed by atoms with Crippen LogP contribution in [0, 0.1) is 6.92 Å². The largest absolute Gasteiger partial charge is 0.417 e. The van der Waals surface area contributed by atoms with Crippen LogP contribution in [-0.2, 0) is 11.0 Å². The molecule has 140 valence electrons. The number of thioether (sulfide) groups is 1. The molecule has 4 nitrogen and oxygen atoms in total. The lowest BCUT2D eigenvalue weighted by Crippen LogP contribution is -2.27. The Bertz CT molecular complexity index is 703. The van der Waals surface area contributed by atoms with Gasteiger partial charge in [-0.25, -0.2) is 4.98 Å². The zero-order valence-electron chi connectivity index (χ0n) is 14.3. The highest BCUT2D eigenvalue weighted by atomic mass is 32.2. The number of pyridine rings is 1. The quantitative estimate of drug-likeness (QED) is 0.532. The van der Waals surface area contributed by atoms with E-state index in [-0.39, 0.29) is 5.91 Å². The van der Waals surface area contributed by atoms with Gasteiger partial charge in [-0.2, -0.15) is 13.2 Å². The second-order valence-corrected chi connectivity index (χ2v) is 6.71. The first kappa shape index (κ1) is 20.1. The molecule has 0 aliphatic carbocycles. The SMILES string of the molecule is Cc1ccc(SCC(=O)NCCCNc2ccc(C(F)(F)F)cn2)cc1. The first-order valence-corrected chi connectivity index (χ1v) is 9.06. The van der Waals surface area contributed by atoms with Gasteiger partial charge < -0.3 is 10.6 Å². The van der Waals surface area contributed by atoms with Crippen LogP contribution in [0.4, 0.5) is 19.0 Å². The molecule has 0 unspecified atom stereocenters. The van der Waals surface area contributed by atoms with E-state index in [0.29, 0.717) is 31.1 Å². The van der Waals surface area contributed by atoms with Gasteiger partial charge in [0.15, 0.2) is 0 Å². The number of benzene rings is 1. The van der Waals surface area contributed by atoms with E-state index in [1.807, 2.05) is 31.2 Å². The fraction of sp³-hybridized carbons (Fsp3) is 0.333. The molecule has 2 N–H and O–H groups in total. The zero-order valence-corrected chi connectivity index (χ0v) is 15.1. The summed E-state index contributed by atoms with van der Waals surface area (Å²) < 4.78 is 37.3. The Labute approximate surface area is 154 Å². The Balaban J connectivity index is 1.59. The van der Waals surface area contributed by atoms with Gasteiger partial charge >= 0.3 is 6.18 Å². The van der Waals surface area contributed by atoms with Gasteiger partial charge in [0.25, 0.3) is 0 Å². The Morgan fingerprint density at radius 3 is 2.46 bits per heavy atom. The molecule has 0 aliphatic rings. The van der Waals surface area contributed by atoms with E-state index >= 15 is 0 Å². The molecule has 0 spiro atoms. The molecular weight excluding hydrogens is 363 g/mol. The van der Waals surface area contributed by atoms with Crippen molar-refractivity contribution in [2.45, 2.75) is 24.4 Å². The van der Waals surface area contributed by atoms with Crippen molar-refractivity contribution in [3.8, 4) is 0 Å². The van der Waals surface area contributed by atoms with Gasteiger partial charge in [-0.15, -0.1) is 11.8 Å². The van der Waals surface area contributed by atoms with Crippen LogP contribution in [0.2, 0.25) is 0 Å². The number of alkyl halides is 3. The van der Waals surface area contributed by atoms with Crippen LogP contribution >= 0.6 is 11.8 Å². The minimum Gasteiger partial charge on any atom is -0.370 e. The van der Waals surface area contributed by atoms with Crippen LogP contribution in [0.5, 0.6) is 0 Å². The number of anilines is 1. The normalized spacial score (nSPS) is 11.2. The minimum absolute atomic E-state index is 0.0526. The summed E-state index contributed by atoms with van der Waals surface area (Å²) in [6, 6.07) is 10.2. The average Bonchev–Trinajstić information content (AvgIpc) is 2.60. The molecule has 0 aliphatic heterocycles. The van der Waals surface area contributed by atoms with Gasteiger partial charge in [0.05, 0.1) is 11.3 Å². The number of halogens is 3. The molecule has 1 aromatic carbocycles. The third-order valence-corrected chi connectivity index (χ3v) is 4.48. The van der Waals surface area contributed by atoms with Gasteiger partial charge in [0, 0.05) is 24.2 Å². The maximum Gasteiger partial charge on any atom is 0.417 e. The van der Waals surface area contributed by atoms with E-state index in [9.17, 15) is 18.0 Å². The van der Waals surface area contributed by atoms with Crippen LogP contribution in [-0.4, -0.2) is 29.7 Å². The summed E-state index contributed by atoms with van der Waals surface area (Å²) in [6.07, 6.45) is -2.94. The Kier molecular flexibility index (Phi) is 7.32. The molecule has 8 heteroatoms. The fourth-order valence-electron chi connectivity index (χ4n) is 2.03. The third-order valence-electron chi connectivity index (χ3n) is 3.46. The molecule has 1 aromatic heterocycles. The Hall–Kier alpha value is -2.22. The maximum absolute atomic E-state index is 12.4. The minimum atomic E-state index is -4.38. The van der Waals surface area contributed by atoms with Crippen molar-refractivity contribution in [2.24, 2.45) is 0 Å². The number of carbonyl (C=O) groups excluding carboxylic acids is 1. The molecule has 0 radical (unpaired) electrons. The zero-order chi connectivity index (χ0) is 19.0. The summed E-state index contributed by atoms with van der Waals surface area (Å²) in [4.78, 5) is 16.5. The van der Waals surface area contributed by atoms with Crippen LogP contribution < -0.4 is 10.6 Å². The van der Waals surface area contributed by atoms with E-state index in [1.54, 1.807) is 0 Å². The Morgan fingerprint density at radius 1 is 1.12 bits per heavy atom. The summed E-state index contributed by atoms with van der Waals surface area (Å²) in [6.45, 7) is 3.00. The molecule has 1 heterocycles. The number of aryl methyl sites for hydroxylation is 1. The number of nitrogens with zero attached hydrogens (tertiary/aromatic N) is 1. The summed E-state index contributed by atoms with van der Waals surface area (Å²) in [5, 5.41) is 5.74. The van der Waals surface area contributed by atoms with Crippen LogP contribution in [0.3, 0.4) is 0 Å². The lowest BCUT2D eigenvalue weighted by atomic mass is 10.2. The lowest BCUT2D eigenvalue weighted by Gasteiger charge is -2.09. The van der Waals surface area contributed by atoms with Crippen LogP contribution in [0.1, 0.15) is 17.5 Å². The maximum atomic E-state index is 12.4. The standard InChI is InChI=1S/C18H20F3N3OS/c1-13-3-6-15(7-4-13)26-12-17(25)23-10-2-9-22-16-8-5-14(11-24-16)18(19,20)21/h3-8,11H,2,9-10,12H2,1H3,(H,22,24)(H,23,25). The van der Waals surface area contributed by atoms with Crippen molar-refractivity contribution in [1.29, 1.82) is 0 Å². The highest BCUT2D eigenvalue weighted by Gasteiger charge is 2.30. The number of aromatic nitrogens is 1. The highest BCUT2D eigenvalue weighted by Crippen LogP contribution is 2.28. The van der Waals surface area contributed by atoms with Crippen molar-refractivity contribution < 1.29 is 18.0 Å². The molecule has 2 aromatic rings. The van der Waals surface area contributed by atoms with Gasteiger partial charge in [-0.05, 0) is 37.6 Å². The van der Waals surface area contributed by atoms with E-state index < -0.39 is 11.7 Å². The van der Waals surface area contributed by atoms with Crippen molar-refractivity contribution in [1.82, 2.24) is 10.3 Å². The first-order chi connectivity index (χ1) is 12.3. The second-order valence-electron chi connectivity index (χ2n) is 5.66. The summed E-state index contributed by atoms with van der Waals surface area (Å²) in [5.41, 5.74) is 0.398. The van der Waals surface area contributed by atoms with Crippen molar-refractivity contribution in [2.75, 3.05) is 24.2 Å². The molecular formula is C18H20F3N3OS. The second kappa shape index (κ2) is 9.47. The fourth-order valence-corrected chi connectivity index (χ4v) is 2.76. The molecule has 0 saturated heterocycles. The summed E-state index contributed by atoms with van der Waals surface area (Å²) >= 11 is 1.47. The molecule has 0 bridgehead atoms. The first-order valence-electron chi connectivity index (χ1n) is 8.08. The number of amides is 1. The topological polar surface area (TPSA) is 54.0 Å². The number of nitrogens with one attached hydrogen (secondary N) is 2. The molecule has 2 rings (SSSR count). The monoisotopic (exact) mass is 383 g/mol. The van der Waals surface area contributed by atoms with E-state index in [4.69, 9.17) is 0 Å². The van der Waals surface area contributed by atoms with Crippen LogP contribution in [0.15, 0.2) is 47.5 Å². The summed E-state index contributed by atoms with van der Waals surface area (Å²) in [7, 11) is 0. The van der Waals surface area contributed by atoms with Gasteiger partial charge in [-0.1, -0.05) is 17.7 Å². The molecule has 1 amide bonds. The molecule has 0 fully saturated rings. The van der Waals surface area contributed by atoms with Crippen molar-refractivity contribution in [3.05, 3.63) is 53.7 Å². The Morgan fingerprint density at radius 2 is 1.85 bits per heavy atom. The van der Waals surface area contributed by atoms with Gasteiger partial charge in [-0.3, -0.25) is 4.79 Å². The van der Waals surface area contributed by atoms with Crippen molar-refractivity contribution in [3.63, 3.8) is 0 Å². The molecule has 0 atom stereocenters. The number of carbonyl (C=O) groups is 1. The number of hydrogen-bond donors (Lipinski definition) is 2. The summed E-state index contributed by atoms with van der Waals surface area (Å²) in [5.74, 6) is 0.666. The number of hydrogen-bond acceptors (Lipinski definition) is 4. The third kappa shape index (κ3) is 6.95. The average molecular weight is 383 g/mol. The lowest BCUT2D eigenvalue weighted by molar-refractivity contribution is -0.137. The molecule has 0 saturated carbocycles. The van der Waals surface area contributed by atoms with E-state index in [0.717, 1.165) is 17.2 Å². The number of rotatable bonds is 8. The highest BCUT2D eigenvalue weighted by molar-refractivity contribution is 8.00. The van der Waals surface area contributed by atoms with Gasteiger partial charge in [0.1, 0.15) is 5.82 Å².